The van der Waals surface area contributed by atoms with Gasteiger partial charge in [0.2, 0.25) is 0 Å². The number of nitrogens with one attached hydrogen (secondary N) is 1. The van der Waals surface area contributed by atoms with Crippen LogP contribution in [0.15, 0.2) is 71.5 Å². The van der Waals surface area contributed by atoms with Crippen LogP contribution in [0.4, 0.5) is 5.82 Å². The van der Waals surface area contributed by atoms with Crippen LogP contribution in [0.25, 0.3) is 16.9 Å². The first-order valence-electron chi connectivity index (χ1n) is 9.95. The number of pyridine rings is 1. The van der Waals surface area contributed by atoms with E-state index >= 15 is 0 Å². The van der Waals surface area contributed by atoms with Crippen LogP contribution in [-0.2, 0) is 17.5 Å². The summed E-state index contributed by atoms with van der Waals surface area (Å²) in [4.78, 5) is 8.99. The van der Waals surface area contributed by atoms with Gasteiger partial charge >= 0.3 is 0 Å². The number of benzene rings is 1. The van der Waals surface area contributed by atoms with Crippen molar-refractivity contribution in [1.82, 2.24) is 19.6 Å². The van der Waals surface area contributed by atoms with Crippen LogP contribution in [0.1, 0.15) is 31.9 Å². The maximum Gasteiger partial charge on any atom is 0.166 e. The summed E-state index contributed by atoms with van der Waals surface area (Å²) in [5, 5.41) is 7.92. The number of hydrogen-bond acceptors (Lipinski definition) is 5. The molecule has 0 fully saturated rings. The fraction of sp³-hybridized carbons (Fsp3) is 0.217. The first-order chi connectivity index (χ1) is 14.9. The van der Waals surface area contributed by atoms with E-state index < -0.39 is 15.7 Å². The highest BCUT2D eigenvalue weighted by atomic mass is 32.2. The van der Waals surface area contributed by atoms with Crippen molar-refractivity contribution in [2.75, 3.05) is 5.32 Å². The van der Waals surface area contributed by atoms with E-state index in [4.69, 9.17) is 4.98 Å². The van der Waals surface area contributed by atoms with Crippen molar-refractivity contribution in [3.05, 3.63) is 78.2 Å². The molecule has 158 valence electrons. The van der Waals surface area contributed by atoms with E-state index in [1.165, 1.54) is 0 Å². The fourth-order valence-corrected chi connectivity index (χ4v) is 3.44. The molecule has 0 spiro atoms. The molecule has 0 bridgehead atoms. The van der Waals surface area contributed by atoms with Gasteiger partial charge in [-0.1, -0.05) is 36.4 Å². The Balaban J connectivity index is 1.76. The molecule has 3 heterocycles. The van der Waals surface area contributed by atoms with Gasteiger partial charge in [-0.15, -0.1) is 0 Å². The molecule has 0 aliphatic rings. The number of hydrogen-bond donors (Lipinski definition) is 1. The molecule has 7 nitrogen and oxygen atoms in total. The van der Waals surface area contributed by atoms with Gasteiger partial charge in [0, 0.05) is 30.6 Å². The summed E-state index contributed by atoms with van der Waals surface area (Å²) < 4.78 is 17.9. The van der Waals surface area contributed by atoms with E-state index in [1.54, 1.807) is 23.1 Å². The Morgan fingerprint density at radius 3 is 2.65 bits per heavy atom. The molecule has 0 amide bonds. The average molecular weight is 433 g/mol. The highest BCUT2D eigenvalue weighted by Gasteiger charge is 2.19. The average Bonchev–Trinajstić information content (AvgIpc) is 3.19. The fourth-order valence-electron chi connectivity index (χ4n) is 2.91. The number of rotatable bonds is 6. The Morgan fingerprint density at radius 1 is 1.13 bits per heavy atom. The molecule has 1 N–H and O–H groups in total. The molecular weight excluding hydrogens is 408 g/mol. The third-order valence-corrected chi connectivity index (χ3v) is 5.92. The zero-order valence-electron chi connectivity index (χ0n) is 17.7. The first kappa shape index (κ1) is 20.9. The lowest BCUT2D eigenvalue weighted by atomic mass is 10.1. The predicted octanol–water partition coefficient (Wildman–Crippen LogP) is 4.28. The van der Waals surface area contributed by atoms with E-state index in [2.05, 4.69) is 19.8 Å². The van der Waals surface area contributed by atoms with Crippen molar-refractivity contribution in [2.24, 2.45) is 4.40 Å². The zero-order valence-corrected chi connectivity index (χ0v) is 18.5. The van der Waals surface area contributed by atoms with Gasteiger partial charge < -0.3 is 5.32 Å². The lowest BCUT2D eigenvalue weighted by Crippen LogP contribution is -2.19. The summed E-state index contributed by atoms with van der Waals surface area (Å²) in [7, 11) is -1.36. The van der Waals surface area contributed by atoms with E-state index in [0.29, 0.717) is 17.8 Å². The molecule has 0 saturated carbocycles. The molecule has 4 aromatic rings. The van der Waals surface area contributed by atoms with Gasteiger partial charge in [-0.25, -0.2) is 9.19 Å². The quantitative estimate of drug-likeness (QED) is 0.460. The second-order valence-electron chi connectivity index (χ2n) is 8.04. The van der Waals surface area contributed by atoms with Crippen molar-refractivity contribution in [1.29, 1.82) is 0 Å². The van der Waals surface area contributed by atoms with Crippen LogP contribution >= 0.6 is 0 Å². The molecule has 0 aliphatic carbocycles. The summed E-state index contributed by atoms with van der Waals surface area (Å²) >= 11 is 0. The Bertz CT molecular complexity index is 1230. The van der Waals surface area contributed by atoms with Crippen molar-refractivity contribution >= 4 is 28.7 Å². The zero-order chi connectivity index (χ0) is 21.8. The van der Waals surface area contributed by atoms with Crippen LogP contribution in [-0.4, -0.2) is 34.8 Å². The van der Waals surface area contributed by atoms with Crippen LogP contribution in [0, 0.1) is 0 Å². The van der Waals surface area contributed by atoms with E-state index in [-0.39, 0.29) is 0 Å². The van der Waals surface area contributed by atoms with E-state index in [1.807, 2.05) is 75.5 Å². The summed E-state index contributed by atoms with van der Waals surface area (Å²) in [5.41, 5.74) is 4.22. The predicted molar refractivity (Wildman–Crippen MR) is 125 cm³/mol. The molecule has 4 rings (SSSR count). The van der Waals surface area contributed by atoms with Gasteiger partial charge in [-0.3, -0.25) is 4.98 Å². The van der Waals surface area contributed by atoms with Gasteiger partial charge in [0.25, 0.3) is 0 Å². The third-order valence-electron chi connectivity index (χ3n) is 4.58. The highest BCUT2D eigenvalue weighted by molar-refractivity contribution is 7.85. The summed E-state index contributed by atoms with van der Waals surface area (Å²) in [6.45, 7) is 6.27. The Morgan fingerprint density at radius 2 is 1.94 bits per heavy atom. The van der Waals surface area contributed by atoms with Crippen LogP contribution < -0.4 is 5.32 Å². The number of nitrogens with zero attached hydrogens (tertiary/aromatic N) is 5. The second kappa shape index (κ2) is 8.77. The van der Waals surface area contributed by atoms with E-state index in [0.717, 1.165) is 22.6 Å². The maximum absolute atomic E-state index is 12.4. The minimum Gasteiger partial charge on any atom is -0.366 e. The van der Waals surface area contributed by atoms with Gasteiger partial charge in [-0.2, -0.15) is 14.0 Å². The minimum absolute atomic E-state index is 0.432. The molecule has 1 aromatic carbocycles. The lowest BCUT2D eigenvalue weighted by Gasteiger charge is -2.12. The van der Waals surface area contributed by atoms with E-state index in [9.17, 15) is 4.21 Å². The van der Waals surface area contributed by atoms with Gasteiger partial charge in [0.05, 0.1) is 28.4 Å². The molecular formula is C23H24N6OS. The minimum atomic E-state index is -1.36. The van der Waals surface area contributed by atoms with Gasteiger partial charge in [0.15, 0.2) is 5.65 Å². The maximum atomic E-state index is 12.4. The standard InChI is InChI=1S/C23H24N6OS/c1-23(2,3)31(30)27-16-19-15-26-29-21(25-14-17-8-7-11-24-13-17)12-20(28-22(19)29)18-9-5-4-6-10-18/h4-13,15-16,25H,14H2,1-3H3/b27-16+. The van der Waals surface area contributed by atoms with Crippen molar-refractivity contribution in [3.8, 4) is 11.3 Å². The van der Waals surface area contributed by atoms with Crippen molar-refractivity contribution in [2.45, 2.75) is 32.1 Å². The van der Waals surface area contributed by atoms with Gasteiger partial charge in [0.1, 0.15) is 16.8 Å². The van der Waals surface area contributed by atoms with Crippen molar-refractivity contribution in [3.63, 3.8) is 0 Å². The molecule has 0 saturated heterocycles. The first-order valence-corrected chi connectivity index (χ1v) is 11.1. The largest absolute Gasteiger partial charge is 0.366 e. The van der Waals surface area contributed by atoms with Crippen LogP contribution in [0.2, 0.25) is 0 Å². The Kier molecular flexibility index (Phi) is 5.90. The third kappa shape index (κ3) is 4.86. The molecule has 0 aliphatic heterocycles. The van der Waals surface area contributed by atoms with Crippen LogP contribution in [0.5, 0.6) is 0 Å². The SMILES string of the molecule is CC(C)(C)S(=O)/N=C/c1cnn2c(NCc3cccnc3)cc(-c3ccccc3)nc12. The van der Waals surface area contributed by atoms with Crippen LogP contribution in [0.3, 0.4) is 0 Å². The van der Waals surface area contributed by atoms with Gasteiger partial charge in [-0.05, 0) is 32.4 Å². The summed E-state index contributed by atoms with van der Waals surface area (Å²) in [6, 6.07) is 15.9. The molecule has 1 unspecified atom stereocenters. The molecule has 31 heavy (non-hydrogen) atoms. The second-order valence-corrected chi connectivity index (χ2v) is 9.97. The normalized spacial score (nSPS) is 13.0. The van der Waals surface area contributed by atoms with Crippen molar-refractivity contribution < 1.29 is 4.21 Å². The molecule has 0 radical (unpaired) electrons. The topological polar surface area (TPSA) is 84.5 Å². The highest BCUT2D eigenvalue weighted by Crippen LogP contribution is 2.24. The molecule has 8 heteroatoms. The number of aromatic nitrogens is 4. The Labute approximate surface area is 183 Å². The summed E-state index contributed by atoms with van der Waals surface area (Å²) in [5.74, 6) is 0.796. The number of anilines is 1. The lowest BCUT2D eigenvalue weighted by molar-refractivity contribution is 0.651. The molecule has 3 aromatic heterocycles. The summed E-state index contributed by atoms with van der Waals surface area (Å²) in [6.07, 6.45) is 6.86. The number of fused-ring (bicyclic) bond motifs is 1. The Hall–Kier alpha value is -3.39. The monoisotopic (exact) mass is 432 g/mol. The molecule has 1 atom stereocenters. The smallest absolute Gasteiger partial charge is 0.166 e.